The first-order valence-corrected chi connectivity index (χ1v) is 13.2. The van der Waals surface area contributed by atoms with Crippen molar-refractivity contribution in [3.63, 3.8) is 0 Å². The number of allylic oxidation sites excluding steroid dienone is 1. The number of nitrogens with one attached hydrogen (secondary N) is 1. The molecule has 4 N–H and O–H groups in total. The molecule has 0 saturated heterocycles. The zero-order valence-electron chi connectivity index (χ0n) is 23.4. The Kier molecular flexibility index (Phi) is 8.71. The first kappa shape index (κ1) is 28.3. The van der Waals surface area contributed by atoms with E-state index in [9.17, 15) is 5.11 Å². The van der Waals surface area contributed by atoms with Gasteiger partial charge in [-0.3, -0.25) is 15.0 Å². The van der Waals surface area contributed by atoms with Crippen LogP contribution in [0.2, 0.25) is 0 Å². The number of aliphatic imine (C=N–C) groups is 1. The lowest BCUT2D eigenvalue weighted by atomic mass is 10.0. The van der Waals surface area contributed by atoms with Crippen LogP contribution >= 0.6 is 0 Å². The number of aryl methyl sites for hydroxylation is 1. The summed E-state index contributed by atoms with van der Waals surface area (Å²) >= 11 is 0. The monoisotopic (exact) mass is 539 g/mol. The van der Waals surface area contributed by atoms with Gasteiger partial charge in [-0.05, 0) is 52.5 Å². The molecule has 1 aliphatic heterocycles. The number of benzene rings is 1. The molecule has 0 saturated carbocycles. The van der Waals surface area contributed by atoms with E-state index >= 15 is 4.39 Å². The predicted octanol–water partition coefficient (Wildman–Crippen LogP) is 3.64. The lowest BCUT2D eigenvalue weighted by molar-refractivity contribution is 0.143. The van der Waals surface area contributed by atoms with E-state index in [0.717, 1.165) is 5.39 Å². The second-order valence-corrected chi connectivity index (χ2v) is 10.1. The number of nitrogens with zero attached hydrogens (tertiary/aromatic N) is 5. The SMILES string of the molecule is CCN1CC(=NC[C@H](C)O)C(=C(\N)OC(C)C)/C=C/c2n[nH]c3cc(F)c(cc23)-c2cnn(C)c2O[C@@H](C)C1. The fraction of sp³-hybridized carbons (Fsp3) is 0.464. The minimum Gasteiger partial charge on any atom is -0.476 e. The molecule has 3 aromatic rings. The van der Waals surface area contributed by atoms with Crippen LogP contribution in [-0.2, 0) is 11.8 Å². The fourth-order valence-corrected chi connectivity index (χ4v) is 4.51. The number of likely N-dealkylation sites (N-methyl/N-ethyl adjacent to an activating group) is 1. The fourth-order valence-electron chi connectivity index (χ4n) is 4.51. The van der Waals surface area contributed by atoms with Crippen molar-refractivity contribution in [1.29, 1.82) is 0 Å². The maximum absolute atomic E-state index is 15.3. The maximum atomic E-state index is 15.3. The van der Waals surface area contributed by atoms with E-state index < -0.39 is 11.9 Å². The van der Waals surface area contributed by atoms with Crippen LogP contribution in [0.4, 0.5) is 4.39 Å². The van der Waals surface area contributed by atoms with Crippen LogP contribution in [0.25, 0.3) is 28.1 Å². The van der Waals surface area contributed by atoms with Crippen LogP contribution < -0.4 is 10.5 Å². The summed E-state index contributed by atoms with van der Waals surface area (Å²) in [6, 6.07) is 3.18. The highest BCUT2D eigenvalue weighted by Gasteiger charge is 2.23. The van der Waals surface area contributed by atoms with Gasteiger partial charge in [0, 0.05) is 37.2 Å². The molecule has 210 valence electrons. The molecule has 11 heteroatoms. The Morgan fingerprint density at radius 3 is 2.77 bits per heavy atom. The van der Waals surface area contributed by atoms with Gasteiger partial charge >= 0.3 is 0 Å². The van der Waals surface area contributed by atoms with Gasteiger partial charge in [-0.15, -0.1) is 0 Å². The Labute approximate surface area is 228 Å². The predicted molar refractivity (Wildman–Crippen MR) is 151 cm³/mol. The number of hydrogen-bond donors (Lipinski definition) is 3. The number of nitrogens with two attached hydrogens (primary N) is 1. The van der Waals surface area contributed by atoms with Gasteiger partial charge in [0.1, 0.15) is 11.9 Å². The molecule has 0 fully saturated rings. The van der Waals surface area contributed by atoms with Crippen molar-refractivity contribution in [2.24, 2.45) is 17.8 Å². The highest BCUT2D eigenvalue weighted by Crippen LogP contribution is 2.35. The number of hydrogen-bond acceptors (Lipinski definition) is 8. The zero-order chi connectivity index (χ0) is 28.3. The molecule has 1 aliphatic rings. The molecule has 2 atom stereocenters. The van der Waals surface area contributed by atoms with Gasteiger partial charge in [-0.25, -0.2) is 9.07 Å². The van der Waals surface area contributed by atoms with Crippen LogP contribution in [0, 0.1) is 5.82 Å². The minimum absolute atomic E-state index is 0.153. The number of aromatic nitrogens is 4. The molecule has 0 amide bonds. The molecule has 0 spiro atoms. The molecule has 0 aliphatic carbocycles. The van der Waals surface area contributed by atoms with Crippen molar-refractivity contribution in [3.8, 4) is 17.0 Å². The second-order valence-electron chi connectivity index (χ2n) is 10.1. The summed E-state index contributed by atoms with van der Waals surface area (Å²) in [5, 5.41) is 22.4. The number of fused-ring (bicyclic) bond motifs is 3. The van der Waals surface area contributed by atoms with Gasteiger partial charge in [-0.1, -0.05) is 6.92 Å². The van der Waals surface area contributed by atoms with Crippen LogP contribution in [0.3, 0.4) is 0 Å². The largest absolute Gasteiger partial charge is 0.476 e. The van der Waals surface area contributed by atoms with Gasteiger partial charge < -0.3 is 20.3 Å². The topological polar surface area (TPSA) is 127 Å². The van der Waals surface area contributed by atoms with Crippen molar-refractivity contribution in [2.75, 3.05) is 26.2 Å². The van der Waals surface area contributed by atoms with Crippen molar-refractivity contribution >= 4 is 22.7 Å². The number of aromatic amines is 1. The van der Waals surface area contributed by atoms with Gasteiger partial charge in [0.15, 0.2) is 5.88 Å². The molecule has 39 heavy (non-hydrogen) atoms. The molecule has 4 rings (SSSR count). The Bertz CT molecular complexity index is 1400. The van der Waals surface area contributed by atoms with Crippen LogP contribution in [0.15, 0.2) is 40.9 Å². The van der Waals surface area contributed by atoms with Crippen molar-refractivity contribution < 1.29 is 19.0 Å². The molecule has 0 unspecified atom stereocenters. The van der Waals surface area contributed by atoms with Gasteiger partial charge in [0.25, 0.3) is 0 Å². The molecule has 0 radical (unpaired) electrons. The Morgan fingerprint density at radius 1 is 1.31 bits per heavy atom. The minimum atomic E-state index is -0.629. The van der Waals surface area contributed by atoms with E-state index in [0.29, 0.717) is 59.1 Å². The number of H-pyrrole nitrogens is 1. The standard InChI is InChI=1S/C28H38FN7O3/c1-7-36-14-18(5)39-28-22(13-32-35(28)6)20-10-21-24(33-34-25(21)11-23(20)29)9-8-19(27(30)38-16(2)3)26(15-36)31-12-17(4)37/h8-11,13,16-18,37H,7,12,14-15,30H2,1-6H3,(H,33,34)/b9-8+,27-19+,31-26?/t17-,18-/m0/s1. The van der Waals surface area contributed by atoms with Gasteiger partial charge in [0.2, 0.25) is 5.88 Å². The summed E-state index contributed by atoms with van der Waals surface area (Å²) in [7, 11) is 1.77. The second kappa shape index (κ2) is 12.0. The molecule has 3 heterocycles. The van der Waals surface area contributed by atoms with E-state index in [1.807, 2.05) is 32.9 Å². The van der Waals surface area contributed by atoms with Crippen LogP contribution in [0.5, 0.6) is 5.88 Å². The third-order valence-electron chi connectivity index (χ3n) is 6.40. The number of rotatable bonds is 5. The van der Waals surface area contributed by atoms with Crippen molar-refractivity contribution in [2.45, 2.75) is 52.9 Å². The molecule has 2 aromatic heterocycles. The van der Waals surface area contributed by atoms with E-state index in [1.54, 1.807) is 30.9 Å². The van der Waals surface area contributed by atoms with E-state index in [2.05, 4.69) is 27.1 Å². The maximum Gasteiger partial charge on any atom is 0.220 e. The number of aliphatic hydroxyl groups is 1. The summed E-state index contributed by atoms with van der Waals surface area (Å²) in [6.45, 7) is 11.4. The summed E-state index contributed by atoms with van der Waals surface area (Å²) in [4.78, 5) is 6.91. The smallest absolute Gasteiger partial charge is 0.220 e. The van der Waals surface area contributed by atoms with E-state index in [-0.39, 0.29) is 24.6 Å². The molecular formula is C28H38FN7O3. The van der Waals surface area contributed by atoms with Gasteiger partial charge in [-0.2, -0.15) is 10.2 Å². The normalized spacial score (nSPS) is 20.9. The lowest BCUT2D eigenvalue weighted by Crippen LogP contribution is -2.38. The number of ether oxygens (including phenoxy) is 2. The van der Waals surface area contributed by atoms with Crippen molar-refractivity contribution in [1.82, 2.24) is 24.9 Å². The lowest BCUT2D eigenvalue weighted by Gasteiger charge is -2.26. The first-order chi connectivity index (χ1) is 18.6. The number of aliphatic hydroxyl groups excluding tert-OH is 1. The number of halogens is 1. The third-order valence-corrected chi connectivity index (χ3v) is 6.40. The van der Waals surface area contributed by atoms with Gasteiger partial charge in [0.05, 0.1) is 53.0 Å². The summed E-state index contributed by atoms with van der Waals surface area (Å²) in [5.41, 5.74) is 9.81. The Hall–Kier alpha value is -3.70. The first-order valence-electron chi connectivity index (χ1n) is 13.2. The quantitative estimate of drug-likeness (QED) is 0.423. The highest BCUT2D eigenvalue weighted by molar-refractivity contribution is 6.05. The summed E-state index contributed by atoms with van der Waals surface area (Å²) in [6.07, 6.45) is 4.20. The Balaban J connectivity index is 1.94. The molecule has 1 aromatic carbocycles. The molecular weight excluding hydrogens is 501 g/mol. The Morgan fingerprint density at radius 2 is 2.08 bits per heavy atom. The molecule has 10 nitrogen and oxygen atoms in total. The third kappa shape index (κ3) is 6.48. The summed E-state index contributed by atoms with van der Waals surface area (Å²) in [5.74, 6) is 0.292. The van der Waals surface area contributed by atoms with Crippen LogP contribution in [0.1, 0.15) is 40.3 Å². The average Bonchev–Trinajstić information content (AvgIpc) is 3.42. The van der Waals surface area contributed by atoms with Crippen molar-refractivity contribution in [3.05, 3.63) is 47.4 Å². The van der Waals surface area contributed by atoms with E-state index in [1.165, 1.54) is 6.07 Å². The average molecular weight is 540 g/mol. The van der Waals surface area contributed by atoms with E-state index in [4.69, 9.17) is 20.2 Å². The summed E-state index contributed by atoms with van der Waals surface area (Å²) < 4.78 is 29.2. The zero-order valence-corrected chi connectivity index (χ0v) is 23.4. The highest BCUT2D eigenvalue weighted by atomic mass is 19.1. The van der Waals surface area contributed by atoms with Crippen LogP contribution in [-0.4, -0.2) is 80.2 Å². The molecule has 2 bridgehead atoms.